The van der Waals surface area contributed by atoms with E-state index in [0.717, 1.165) is 0 Å². The van der Waals surface area contributed by atoms with Crippen molar-refractivity contribution in [1.82, 2.24) is 4.67 Å². The van der Waals surface area contributed by atoms with E-state index >= 15 is 0 Å². The molecule has 0 aromatic rings. The second-order valence-corrected chi connectivity index (χ2v) is 9.56. The molecule has 0 fully saturated rings. The van der Waals surface area contributed by atoms with Crippen LogP contribution in [0.4, 0.5) is 0 Å². The first-order chi connectivity index (χ1) is 10.2. The molecule has 0 radical (unpaired) electrons. The molecule has 5 nitrogen and oxygen atoms in total. The lowest BCUT2D eigenvalue weighted by atomic mass is 10.2. The van der Waals surface area contributed by atoms with Crippen LogP contribution in [0.5, 0.6) is 0 Å². The number of ether oxygens (including phenoxy) is 1. The van der Waals surface area contributed by atoms with E-state index in [0.29, 0.717) is 18.7 Å². The zero-order chi connectivity index (χ0) is 18.4. The van der Waals surface area contributed by atoms with Crippen LogP contribution in [0.3, 0.4) is 0 Å². The normalized spacial score (nSPS) is 14.7. The number of esters is 1. The number of rotatable bonds is 8. The maximum absolute atomic E-state index is 11.8. The zero-order valence-electron chi connectivity index (χ0n) is 16.6. The molecule has 0 saturated carbocycles. The second kappa shape index (κ2) is 9.31. The van der Waals surface area contributed by atoms with Crippen LogP contribution < -0.4 is 0 Å². The summed E-state index contributed by atoms with van der Waals surface area (Å²) in [5.74, 6) is -0.246. The van der Waals surface area contributed by atoms with Crippen LogP contribution in [0, 0.1) is 0 Å². The van der Waals surface area contributed by atoms with Crippen LogP contribution in [0.1, 0.15) is 75.7 Å². The van der Waals surface area contributed by atoms with E-state index < -0.39 is 14.1 Å². The lowest BCUT2D eigenvalue weighted by Gasteiger charge is -2.38. The summed E-state index contributed by atoms with van der Waals surface area (Å²) in [4.78, 5) is 11.8. The molecule has 0 aliphatic rings. The minimum Gasteiger partial charge on any atom is -0.460 e. The Kier molecular flexibility index (Phi) is 9.22. The molecule has 0 aliphatic carbocycles. The van der Waals surface area contributed by atoms with Crippen LogP contribution in [-0.2, 0) is 18.6 Å². The van der Waals surface area contributed by atoms with Crippen molar-refractivity contribution in [2.75, 3.05) is 6.61 Å². The average Bonchev–Trinajstić information content (AvgIpc) is 2.22. The fourth-order valence-electron chi connectivity index (χ4n) is 1.95. The van der Waals surface area contributed by atoms with Crippen molar-refractivity contribution >= 4 is 14.5 Å². The third-order valence-corrected chi connectivity index (χ3v) is 4.93. The Morgan fingerprint density at radius 3 is 1.78 bits per heavy atom. The van der Waals surface area contributed by atoms with Crippen molar-refractivity contribution in [3.8, 4) is 0 Å². The molecule has 0 aromatic heterocycles. The number of hydrogen-bond acceptors (Lipinski definition) is 5. The highest BCUT2D eigenvalue weighted by Gasteiger charge is 2.31. The van der Waals surface area contributed by atoms with Crippen LogP contribution >= 0.6 is 8.53 Å². The quantitative estimate of drug-likeness (QED) is 0.461. The lowest BCUT2D eigenvalue weighted by Crippen LogP contribution is -2.35. The SMILES string of the molecule is CC(C)N(C(C)C)P(OCCC(=O)OC(C)(C)C)OC(C)(C)C. The van der Waals surface area contributed by atoms with E-state index in [4.69, 9.17) is 13.8 Å². The lowest BCUT2D eigenvalue weighted by molar-refractivity contribution is -0.155. The van der Waals surface area contributed by atoms with E-state index in [-0.39, 0.29) is 18.0 Å². The van der Waals surface area contributed by atoms with Crippen molar-refractivity contribution in [3.05, 3.63) is 0 Å². The maximum atomic E-state index is 11.8. The Balaban J connectivity index is 4.74. The smallest absolute Gasteiger partial charge is 0.308 e. The summed E-state index contributed by atoms with van der Waals surface area (Å²) < 4.78 is 19.6. The molecular weight excluding hydrogens is 313 g/mol. The summed E-state index contributed by atoms with van der Waals surface area (Å²) in [5.41, 5.74) is -0.773. The van der Waals surface area contributed by atoms with Crippen LogP contribution in [0.2, 0.25) is 0 Å². The summed E-state index contributed by atoms with van der Waals surface area (Å²) in [6.07, 6.45) is 0.230. The van der Waals surface area contributed by atoms with Gasteiger partial charge in [0.05, 0.1) is 18.6 Å². The number of carbonyl (C=O) groups is 1. The second-order valence-electron chi connectivity index (χ2n) is 8.18. The van der Waals surface area contributed by atoms with Gasteiger partial charge in [-0.3, -0.25) is 4.79 Å². The molecule has 0 N–H and O–H groups in total. The first-order valence-corrected chi connectivity index (χ1v) is 9.48. The number of nitrogens with zero attached hydrogens (tertiary/aromatic N) is 1. The molecule has 138 valence electrons. The number of carbonyl (C=O) groups excluding carboxylic acids is 1. The van der Waals surface area contributed by atoms with Crippen molar-refractivity contribution in [2.45, 2.75) is 98.9 Å². The molecule has 0 aromatic carbocycles. The van der Waals surface area contributed by atoms with Gasteiger partial charge in [-0.2, -0.15) is 0 Å². The first-order valence-electron chi connectivity index (χ1n) is 8.35. The highest BCUT2D eigenvalue weighted by atomic mass is 31.2. The fourth-order valence-corrected chi connectivity index (χ4v) is 3.70. The van der Waals surface area contributed by atoms with Gasteiger partial charge in [-0.15, -0.1) is 0 Å². The van der Waals surface area contributed by atoms with Crippen molar-refractivity contribution in [2.24, 2.45) is 0 Å². The van der Waals surface area contributed by atoms with Crippen molar-refractivity contribution in [3.63, 3.8) is 0 Å². The molecule has 0 heterocycles. The van der Waals surface area contributed by atoms with Crippen LogP contribution in [-0.4, -0.2) is 40.5 Å². The van der Waals surface area contributed by atoms with Crippen LogP contribution in [0.15, 0.2) is 0 Å². The molecule has 0 spiro atoms. The zero-order valence-corrected chi connectivity index (χ0v) is 17.5. The van der Waals surface area contributed by atoms with Gasteiger partial charge in [0, 0.05) is 12.1 Å². The summed E-state index contributed by atoms with van der Waals surface area (Å²) in [5, 5.41) is 0. The molecule has 0 saturated heterocycles. The summed E-state index contributed by atoms with van der Waals surface area (Å²) >= 11 is 0. The number of hydrogen-bond donors (Lipinski definition) is 0. The van der Waals surface area contributed by atoms with E-state index in [1.807, 2.05) is 41.5 Å². The van der Waals surface area contributed by atoms with E-state index in [1.54, 1.807) is 0 Å². The Bertz CT molecular complexity index is 351. The fraction of sp³-hybridized carbons (Fsp3) is 0.941. The van der Waals surface area contributed by atoms with Gasteiger partial charge in [0.15, 0.2) is 0 Å². The highest BCUT2D eigenvalue weighted by molar-refractivity contribution is 7.44. The van der Waals surface area contributed by atoms with Gasteiger partial charge >= 0.3 is 5.97 Å². The standard InChI is InChI=1S/C17H36NO4P/c1-13(2)18(14(3)4)23(22-17(8,9)10)20-12-11-15(19)21-16(5,6)7/h13-14H,11-12H2,1-10H3. The Morgan fingerprint density at radius 2 is 1.43 bits per heavy atom. The van der Waals surface area contributed by atoms with E-state index in [2.05, 4.69) is 32.4 Å². The van der Waals surface area contributed by atoms with Gasteiger partial charge in [0.25, 0.3) is 8.53 Å². The van der Waals surface area contributed by atoms with Gasteiger partial charge in [0.1, 0.15) is 5.60 Å². The Labute approximate surface area is 144 Å². The minimum absolute atomic E-state index is 0.230. The van der Waals surface area contributed by atoms with Gasteiger partial charge in [-0.1, -0.05) is 0 Å². The Morgan fingerprint density at radius 1 is 0.957 bits per heavy atom. The topological polar surface area (TPSA) is 48.0 Å². The largest absolute Gasteiger partial charge is 0.460 e. The minimum atomic E-state index is -1.23. The van der Waals surface area contributed by atoms with Gasteiger partial charge < -0.3 is 13.8 Å². The monoisotopic (exact) mass is 349 g/mol. The summed E-state index contributed by atoms with van der Waals surface area (Å²) in [6, 6.07) is 0.593. The molecule has 6 heteroatoms. The predicted molar refractivity (Wildman–Crippen MR) is 96.3 cm³/mol. The van der Waals surface area contributed by atoms with Crippen LogP contribution in [0.25, 0.3) is 0 Å². The van der Waals surface area contributed by atoms with Gasteiger partial charge in [0.2, 0.25) is 0 Å². The Hall–Kier alpha value is -0.220. The van der Waals surface area contributed by atoms with Crippen molar-refractivity contribution < 1.29 is 18.6 Å². The molecule has 23 heavy (non-hydrogen) atoms. The molecule has 1 unspecified atom stereocenters. The third-order valence-electron chi connectivity index (χ3n) is 2.53. The van der Waals surface area contributed by atoms with E-state index in [1.165, 1.54) is 0 Å². The third kappa shape index (κ3) is 11.0. The molecule has 0 aliphatic heterocycles. The first kappa shape index (κ1) is 22.8. The van der Waals surface area contributed by atoms with Gasteiger partial charge in [-0.05, 0) is 69.2 Å². The molecular formula is C17H36NO4P. The average molecular weight is 349 g/mol. The highest BCUT2D eigenvalue weighted by Crippen LogP contribution is 2.49. The maximum Gasteiger partial charge on any atom is 0.308 e. The van der Waals surface area contributed by atoms with Gasteiger partial charge in [-0.25, -0.2) is 4.67 Å². The van der Waals surface area contributed by atoms with E-state index in [9.17, 15) is 4.79 Å². The molecule has 0 bridgehead atoms. The summed E-state index contributed by atoms with van der Waals surface area (Å²) in [6.45, 7) is 20.4. The summed E-state index contributed by atoms with van der Waals surface area (Å²) in [7, 11) is -1.23. The van der Waals surface area contributed by atoms with Crippen molar-refractivity contribution in [1.29, 1.82) is 0 Å². The molecule has 1 atom stereocenters. The molecule has 0 rings (SSSR count). The molecule has 0 amide bonds. The predicted octanol–water partition coefficient (Wildman–Crippen LogP) is 4.90.